The molecule has 1 amide bonds. The number of hydrogen-bond acceptors (Lipinski definition) is 6. The Balaban J connectivity index is 1.76. The predicted octanol–water partition coefficient (Wildman–Crippen LogP) is 2.71. The third-order valence-corrected chi connectivity index (χ3v) is 4.73. The van der Waals surface area contributed by atoms with Crippen LogP contribution < -0.4 is 10.6 Å². The lowest BCUT2D eigenvalue weighted by Crippen LogP contribution is -2.30. The molecule has 156 valence electrons. The number of aliphatic hydroxyl groups excluding tert-OH is 2. The van der Waals surface area contributed by atoms with E-state index in [1.54, 1.807) is 18.3 Å². The molecule has 2 atom stereocenters. The number of aliphatic hydroxyl groups is 2. The maximum absolute atomic E-state index is 12.6. The summed E-state index contributed by atoms with van der Waals surface area (Å²) in [5.74, 6) is 0.176. The first kappa shape index (κ1) is 21.4. The molecule has 0 spiro atoms. The molecule has 30 heavy (non-hydrogen) atoms. The fourth-order valence-electron chi connectivity index (χ4n) is 3.01. The average Bonchev–Trinajstić information content (AvgIpc) is 2.79. The first-order valence-corrected chi connectivity index (χ1v) is 9.80. The Labute approximate surface area is 175 Å². The normalized spacial score (nSPS) is 12.8. The standard InChI is InChI=1S/C23H26N4O3/c1-15-12-24-23(25-16(2)13-28)27-21(15)18-8-10-19(11-9-18)22(30)26-20(14-29)17-6-4-3-5-7-17/h3-12,16,20,28-29H,13-14H2,1-2H3,(H,26,30)(H,24,25,27)/t16?,20-/m1/s1. The van der Waals surface area contributed by atoms with Gasteiger partial charge in [0, 0.05) is 23.4 Å². The van der Waals surface area contributed by atoms with Gasteiger partial charge in [0.05, 0.1) is 24.9 Å². The maximum atomic E-state index is 12.6. The van der Waals surface area contributed by atoms with Crippen molar-refractivity contribution in [2.45, 2.75) is 25.9 Å². The van der Waals surface area contributed by atoms with Crippen LogP contribution in [0, 0.1) is 6.92 Å². The minimum absolute atomic E-state index is 0.0196. The number of anilines is 1. The molecule has 0 saturated carbocycles. The van der Waals surface area contributed by atoms with Gasteiger partial charge in [0.2, 0.25) is 5.95 Å². The Morgan fingerprint density at radius 1 is 1.03 bits per heavy atom. The van der Waals surface area contributed by atoms with E-state index >= 15 is 0 Å². The number of aryl methyl sites for hydroxylation is 1. The molecule has 1 aromatic heterocycles. The van der Waals surface area contributed by atoms with Crippen LogP contribution in [0.2, 0.25) is 0 Å². The molecule has 2 aromatic carbocycles. The molecule has 0 aliphatic heterocycles. The zero-order valence-electron chi connectivity index (χ0n) is 17.0. The Bertz CT molecular complexity index is 977. The molecule has 0 saturated heterocycles. The van der Waals surface area contributed by atoms with Crippen molar-refractivity contribution in [3.8, 4) is 11.3 Å². The van der Waals surface area contributed by atoms with E-state index in [9.17, 15) is 15.0 Å². The molecule has 1 unspecified atom stereocenters. The molecular formula is C23H26N4O3. The van der Waals surface area contributed by atoms with E-state index in [0.717, 1.165) is 22.4 Å². The lowest BCUT2D eigenvalue weighted by Gasteiger charge is -2.17. The topological polar surface area (TPSA) is 107 Å². The zero-order chi connectivity index (χ0) is 21.5. The molecule has 4 N–H and O–H groups in total. The van der Waals surface area contributed by atoms with Crippen molar-refractivity contribution in [1.82, 2.24) is 15.3 Å². The van der Waals surface area contributed by atoms with Gasteiger partial charge < -0.3 is 20.8 Å². The van der Waals surface area contributed by atoms with E-state index in [1.807, 2.05) is 56.3 Å². The van der Waals surface area contributed by atoms with Gasteiger partial charge in [0.15, 0.2) is 0 Å². The van der Waals surface area contributed by atoms with E-state index in [2.05, 4.69) is 20.6 Å². The van der Waals surface area contributed by atoms with Crippen molar-refractivity contribution in [3.63, 3.8) is 0 Å². The number of nitrogens with zero attached hydrogens (tertiary/aromatic N) is 2. The number of carbonyl (C=O) groups excluding carboxylic acids is 1. The minimum Gasteiger partial charge on any atom is -0.394 e. The maximum Gasteiger partial charge on any atom is 0.251 e. The van der Waals surface area contributed by atoms with E-state index in [4.69, 9.17) is 0 Å². The van der Waals surface area contributed by atoms with Gasteiger partial charge in [-0.05, 0) is 37.1 Å². The van der Waals surface area contributed by atoms with Crippen LogP contribution in [-0.4, -0.2) is 45.3 Å². The van der Waals surface area contributed by atoms with Crippen LogP contribution in [0.1, 0.15) is 34.5 Å². The lowest BCUT2D eigenvalue weighted by molar-refractivity contribution is 0.0916. The van der Waals surface area contributed by atoms with Crippen molar-refractivity contribution in [3.05, 3.63) is 77.5 Å². The highest BCUT2D eigenvalue weighted by atomic mass is 16.3. The van der Waals surface area contributed by atoms with E-state index in [0.29, 0.717) is 11.5 Å². The van der Waals surface area contributed by atoms with Gasteiger partial charge >= 0.3 is 0 Å². The minimum atomic E-state index is -0.468. The van der Waals surface area contributed by atoms with Crippen LogP contribution in [-0.2, 0) is 0 Å². The number of aromatic nitrogens is 2. The van der Waals surface area contributed by atoms with Gasteiger partial charge in [-0.25, -0.2) is 9.97 Å². The summed E-state index contributed by atoms with van der Waals surface area (Å²) in [6, 6.07) is 15.9. The zero-order valence-corrected chi connectivity index (χ0v) is 17.0. The largest absolute Gasteiger partial charge is 0.394 e. The lowest BCUT2D eigenvalue weighted by atomic mass is 10.0. The highest BCUT2D eigenvalue weighted by Crippen LogP contribution is 2.23. The predicted molar refractivity (Wildman–Crippen MR) is 116 cm³/mol. The molecule has 7 nitrogen and oxygen atoms in total. The highest BCUT2D eigenvalue weighted by Gasteiger charge is 2.15. The van der Waals surface area contributed by atoms with Crippen LogP contribution in [0.5, 0.6) is 0 Å². The van der Waals surface area contributed by atoms with Crippen LogP contribution in [0.15, 0.2) is 60.8 Å². The van der Waals surface area contributed by atoms with Crippen LogP contribution in [0.25, 0.3) is 11.3 Å². The Morgan fingerprint density at radius 2 is 1.73 bits per heavy atom. The highest BCUT2D eigenvalue weighted by molar-refractivity contribution is 5.95. The number of rotatable bonds is 8. The molecule has 0 bridgehead atoms. The molecule has 7 heteroatoms. The molecule has 0 aliphatic carbocycles. The fourth-order valence-corrected chi connectivity index (χ4v) is 3.01. The van der Waals surface area contributed by atoms with Gasteiger partial charge in [-0.15, -0.1) is 0 Å². The second-order valence-corrected chi connectivity index (χ2v) is 7.15. The van der Waals surface area contributed by atoms with Crippen LogP contribution >= 0.6 is 0 Å². The number of nitrogens with one attached hydrogen (secondary N) is 2. The summed E-state index contributed by atoms with van der Waals surface area (Å²) in [5, 5.41) is 24.8. The van der Waals surface area contributed by atoms with Crippen molar-refractivity contribution in [2.24, 2.45) is 0 Å². The quantitative estimate of drug-likeness (QED) is 0.458. The van der Waals surface area contributed by atoms with Crippen molar-refractivity contribution in [2.75, 3.05) is 18.5 Å². The monoisotopic (exact) mass is 406 g/mol. The SMILES string of the molecule is Cc1cnc(NC(C)CO)nc1-c1ccc(C(=O)N[C@H](CO)c2ccccc2)cc1. The van der Waals surface area contributed by atoms with Gasteiger partial charge in [-0.1, -0.05) is 42.5 Å². The summed E-state index contributed by atoms with van der Waals surface area (Å²) in [5.41, 5.74) is 3.85. The first-order valence-electron chi connectivity index (χ1n) is 9.80. The van der Waals surface area contributed by atoms with E-state index in [-0.39, 0.29) is 25.2 Å². The van der Waals surface area contributed by atoms with Crippen LogP contribution in [0.4, 0.5) is 5.95 Å². The summed E-state index contributed by atoms with van der Waals surface area (Å²) in [6.45, 7) is 3.55. The molecule has 0 aliphatic rings. The van der Waals surface area contributed by atoms with Gasteiger partial charge in [-0.2, -0.15) is 0 Å². The summed E-state index contributed by atoms with van der Waals surface area (Å²) in [7, 11) is 0. The summed E-state index contributed by atoms with van der Waals surface area (Å²) < 4.78 is 0. The molecule has 1 heterocycles. The third-order valence-electron chi connectivity index (χ3n) is 4.73. The van der Waals surface area contributed by atoms with E-state index < -0.39 is 6.04 Å². The summed E-state index contributed by atoms with van der Waals surface area (Å²) >= 11 is 0. The number of benzene rings is 2. The van der Waals surface area contributed by atoms with Gasteiger partial charge in [-0.3, -0.25) is 4.79 Å². The van der Waals surface area contributed by atoms with Crippen molar-refractivity contribution < 1.29 is 15.0 Å². The third kappa shape index (κ3) is 5.20. The Kier molecular flexibility index (Phi) is 7.11. The Hall–Kier alpha value is -3.29. The molecule has 0 fully saturated rings. The molecular weight excluding hydrogens is 380 g/mol. The second kappa shape index (κ2) is 9.96. The second-order valence-electron chi connectivity index (χ2n) is 7.15. The molecule has 3 rings (SSSR count). The Morgan fingerprint density at radius 3 is 2.37 bits per heavy atom. The first-order chi connectivity index (χ1) is 14.5. The smallest absolute Gasteiger partial charge is 0.251 e. The van der Waals surface area contributed by atoms with E-state index in [1.165, 1.54) is 0 Å². The number of hydrogen-bond donors (Lipinski definition) is 4. The van der Waals surface area contributed by atoms with Crippen LogP contribution in [0.3, 0.4) is 0 Å². The van der Waals surface area contributed by atoms with Crippen molar-refractivity contribution in [1.29, 1.82) is 0 Å². The average molecular weight is 406 g/mol. The molecule has 0 radical (unpaired) electrons. The van der Waals surface area contributed by atoms with Crippen molar-refractivity contribution >= 4 is 11.9 Å². The van der Waals surface area contributed by atoms with Gasteiger partial charge in [0.25, 0.3) is 5.91 Å². The fraction of sp³-hybridized carbons (Fsp3) is 0.261. The van der Waals surface area contributed by atoms with Gasteiger partial charge in [0.1, 0.15) is 0 Å². The summed E-state index contributed by atoms with van der Waals surface area (Å²) in [6.07, 6.45) is 1.72. The number of amides is 1. The molecule has 3 aromatic rings. The summed E-state index contributed by atoms with van der Waals surface area (Å²) in [4.78, 5) is 21.4. The number of carbonyl (C=O) groups is 1.